The first-order valence-corrected chi connectivity index (χ1v) is 5.03. The lowest BCUT2D eigenvalue weighted by Gasteiger charge is -2.40. The van der Waals surface area contributed by atoms with Crippen LogP contribution in [-0.2, 0) is 9.53 Å². The van der Waals surface area contributed by atoms with E-state index in [1.165, 1.54) is 0 Å². The molecule has 2 heteroatoms. The average molecular weight is 198 g/mol. The first-order valence-electron chi connectivity index (χ1n) is 5.03. The predicted molar refractivity (Wildman–Crippen MR) is 59.1 cm³/mol. The Morgan fingerprint density at radius 2 is 1.71 bits per heavy atom. The van der Waals surface area contributed by atoms with Crippen molar-refractivity contribution in [2.75, 3.05) is 0 Å². The van der Waals surface area contributed by atoms with Crippen molar-refractivity contribution in [2.24, 2.45) is 5.41 Å². The Balaban J connectivity index is 4.74. The van der Waals surface area contributed by atoms with E-state index in [-0.39, 0.29) is 11.4 Å². The summed E-state index contributed by atoms with van der Waals surface area (Å²) < 4.78 is 5.47. The maximum Gasteiger partial charge on any atom is 0.333 e. The van der Waals surface area contributed by atoms with Gasteiger partial charge in [0.2, 0.25) is 0 Å². The van der Waals surface area contributed by atoms with Gasteiger partial charge in [-0.05, 0) is 20.3 Å². The minimum absolute atomic E-state index is 0.0626. The summed E-state index contributed by atoms with van der Waals surface area (Å²) in [6.45, 7) is 15.5. The number of hydrogen-bond donors (Lipinski definition) is 0. The van der Waals surface area contributed by atoms with Crippen LogP contribution < -0.4 is 0 Å². The Morgan fingerprint density at radius 1 is 1.29 bits per heavy atom. The Morgan fingerprint density at radius 3 is 1.93 bits per heavy atom. The number of ether oxygens (including phenoxy) is 1. The standard InChI is InChI=1S/C12H22O2/c1-8-12(7,11(4,5)6)14-10(13)9(2)3/h2,8H2,1,3-7H3. The molecule has 0 heterocycles. The van der Waals surface area contributed by atoms with Crippen molar-refractivity contribution in [3.8, 4) is 0 Å². The summed E-state index contributed by atoms with van der Waals surface area (Å²) in [6.07, 6.45) is 0.801. The molecule has 0 amide bonds. The summed E-state index contributed by atoms with van der Waals surface area (Å²) in [7, 11) is 0. The molecule has 0 aromatic carbocycles. The van der Waals surface area contributed by atoms with Crippen LogP contribution in [0.15, 0.2) is 12.2 Å². The Kier molecular flexibility index (Phi) is 3.92. The summed E-state index contributed by atoms with van der Waals surface area (Å²) in [5.74, 6) is -0.302. The molecule has 14 heavy (non-hydrogen) atoms. The smallest absolute Gasteiger partial charge is 0.333 e. The van der Waals surface area contributed by atoms with E-state index >= 15 is 0 Å². The van der Waals surface area contributed by atoms with Crippen molar-refractivity contribution in [3.05, 3.63) is 12.2 Å². The topological polar surface area (TPSA) is 26.3 Å². The van der Waals surface area contributed by atoms with Crippen LogP contribution in [0.5, 0.6) is 0 Å². The normalized spacial score (nSPS) is 15.9. The fourth-order valence-corrected chi connectivity index (χ4v) is 1.05. The molecule has 0 saturated carbocycles. The number of rotatable bonds is 3. The van der Waals surface area contributed by atoms with Gasteiger partial charge in [0, 0.05) is 11.0 Å². The van der Waals surface area contributed by atoms with Gasteiger partial charge >= 0.3 is 5.97 Å². The van der Waals surface area contributed by atoms with E-state index in [9.17, 15) is 4.79 Å². The van der Waals surface area contributed by atoms with Crippen LogP contribution in [0.1, 0.15) is 48.0 Å². The zero-order valence-corrected chi connectivity index (χ0v) is 10.2. The highest BCUT2D eigenvalue weighted by atomic mass is 16.6. The first-order chi connectivity index (χ1) is 6.14. The maximum atomic E-state index is 11.4. The lowest BCUT2D eigenvalue weighted by molar-refractivity contribution is -0.165. The van der Waals surface area contributed by atoms with Crippen LogP contribution in [-0.4, -0.2) is 11.6 Å². The highest BCUT2D eigenvalue weighted by Crippen LogP contribution is 2.36. The van der Waals surface area contributed by atoms with E-state index in [2.05, 4.69) is 27.4 Å². The molecule has 1 unspecified atom stereocenters. The van der Waals surface area contributed by atoms with Gasteiger partial charge in [-0.1, -0.05) is 34.3 Å². The minimum atomic E-state index is -0.428. The monoisotopic (exact) mass is 198 g/mol. The molecule has 0 aliphatic heterocycles. The average Bonchev–Trinajstić information content (AvgIpc) is 2.01. The van der Waals surface area contributed by atoms with E-state index in [0.29, 0.717) is 5.57 Å². The summed E-state index contributed by atoms with van der Waals surface area (Å²) >= 11 is 0. The number of carbonyl (C=O) groups is 1. The largest absolute Gasteiger partial charge is 0.455 e. The third kappa shape index (κ3) is 2.86. The van der Waals surface area contributed by atoms with Crippen LogP contribution in [0, 0.1) is 5.41 Å². The van der Waals surface area contributed by atoms with E-state index in [1.54, 1.807) is 6.92 Å². The van der Waals surface area contributed by atoms with Crippen molar-refractivity contribution in [3.63, 3.8) is 0 Å². The van der Waals surface area contributed by atoms with E-state index in [0.717, 1.165) is 6.42 Å². The van der Waals surface area contributed by atoms with Crippen molar-refractivity contribution < 1.29 is 9.53 Å². The van der Waals surface area contributed by atoms with E-state index in [4.69, 9.17) is 4.74 Å². The number of carbonyl (C=O) groups excluding carboxylic acids is 1. The molecule has 0 aliphatic rings. The second-order valence-electron chi connectivity index (χ2n) is 5.00. The molecule has 0 N–H and O–H groups in total. The molecule has 0 rings (SSSR count). The van der Waals surface area contributed by atoms with Crippen molar-refractivity contribution in [2.45, 2.75) is 53.6 Å². The van der Waals surface area contributed by atoms with Crippen LogP contribution in [0.3, 0.4) is 0 Å². The van der Waals surface area contributed by atoms with Crippen molar-refractivity contribution in [1.82, 2.24) is 0 Å². The van der Waals surface area contributed by atoms with Crippen molar-refractivity contribution >= 4 is 5.97 Å². The third-order valence-electron chi connectivity index (χ3n) is 2.93. The van der Waals surface area contributed by atoms with Gasteiger partial charge in [-0.3, -0.25) is 0 Å². The van der Waals surface area contributed by atoms with Crippen LogP contribution in [0.4, 0.5) is 0 Å². The lowest BCUT2D eigenvalue weighted by Crippen LogP contribution is -2.43. The molecule has 1 atom stereocenters. The molecule has 2 nitrogen and oxygen atoms in total. The van der Waals surface area contributed by atoms with Gasteiger partial charge in [-0.2, -0.15) is 0 Å². The van der Waals surface area contributed by atoms with Gasteiger partial charge < -0.3 is 4.74 Å². The van der Waals surface area contributed by atoms with Gasteiger partial charge in [0.05, 0.1) is 0 Å². The van der Waals surface area contributed by atoms with Gasteiger partial charge in [-0.25, -0.2) is 4.79 Å². The summed E-state index contributed by atoms with van der Waals surface area (Å²) in [6, 6.07) is 0. The van der Waals surface area contributed by atoms with Gasteiger partial charge in [0.25, 0.3) is 0 Å². The molecule has 0 aromatic heterocycles. The van der Waals surface area contributed by atoms with Crippen LogP contribution in [0.25, 0.3) is 0 Å². The number of hydrogen-bond acceptors (Lipinski definition) is 2. The fourth-order valence-electron chi connectivity index (χ4n) is 1.05. The Hall–Kier alpha value is -0.790. The molecule has 0 fully saturated rings. The highest BCUT2D eigenvalue weighted by molar-refractivity contribution is 5.87. The quantitative estimate of drug-likeness (QED) is 0.513. The van der Waals surface area contributed by atoms with Crippen LogP contribution >= 0.6 is 0 Å². The Labute approximate surface area is 87.3 Å². The predicted octanol–water partition coefficient (Wildman–Crippen LogP) is 3.32. The van der Waals surface area contributed by atoms with Gasteiger partial charge in [-0.15, -0.1) is 0 Å². The van der Waals surface area contributed by atoms with Crippen LogP contribution in [0.2, 0.25) is 0 Å². The highest BCUT2D eigenvalue weighted by Gasteiger charge is 2.39. The molecule has 0 spiro atoms. The van der Waals surface area contributed by atoms with Crippen molar-refractivity contribution in [1.29, 1.82) is 0 Å². The molecule has 0 aromatic rings. The molecule has 0 saturated heterocycles. The fraction of sp³-hybridized carbons (Fsp3) is 0.750. The minimum Gasteiger partial charge on any atom is -0.455 e. The van der Waals surface area contributed by atoms with E-state index in [1.807, 2.05) is 13.8 Å². The summed E-state index contributed by atoms with van der Waals surface area (Å²) in [5, 5.41) is 0. The molecular formula is C12H22O2. The zero-order chi connectivity index (χ0) is 11.6. The van der Waals surface area contributed by atoms with Gasteiger partial charge in [0.1, 0.15) is 5.60 Å². The summed E-state index contributed by atoms with van der Waals surface area (Å²) in [5.41, 5.74) is -0.0375. The third-order valence-corrected chi connectivity index (χ3v) is 2.93. The maximum absolute atomic E-state index is 11.4. The molecule has 0 aliphatic carbocycles. The van der Waals surface area contributed by atoms with E-state index < -0.39 is 5.60 Å². The molecular weight excluding hydrogens is 176 g/mol. The molecule has 0 radical (unpaired) electrons. The summed E-state index contributed by atoms with van der Waals surface area (Å²) in [4.78, 5) is 11.4. The second-order valence-corrected chi connectivity index (χ2v) is 5.00. The number of esters is 1. The SMILES string of the molecule is C=C(C)C(=O)OC(C)(CC)C(C)(C)C. The lowest BCUT2D eigenvalue weighted by atomic mass is 9.76. The zero-order valence-electron chi connectivity index (χ0n) is 10.2. The Bertz CT molecular complexity index is 235. The molecule has 0 bridgehead atoms. The second kappa shape index (κ2) is 4.16. The first kappa shape index (κ1) is 13.2. The molecule has 82 valence electrons. The van der Waals surface area contributed by atoms with Gasteiger partial charge in [0.15, 0.2) is 0 Å².